The van der Waals surface area contributed by atoms with Gasteiger partial charge in [-0.1, -0.05) is 172 Å². The van der Waals surface area contributed by atoms with E-state index in [-0.39, 0.29) is 5.41 Å². The second kappa shape index (κ2) is 13.0. The van der Waals surface area contributed by atoms with Crippen molar-refractivity contribution in [3.8, 4) is 44.5 Å². The maximum atomic E-state index is 6.98. The Hall–Kier alpha value is -7.16. The first-order chi connectivity index (χ1) is 28.0. The van der Waals surface area contributed by atoms with Crippen LogP contribution in [0.3, 0.4) is 0 Å². The molecule has 2 nitrogen and oxygen atoms in total. The molecule has 9 aromatic carbocycles. The number of benzene rings is 9. The third-order valence-electron chi connectivity index (χ3n) is 12.1. The van der Waals surface area contributed by atoms with E-state index in [4.69, 9.17) is 4.42 Å². The highest BCUT2D eigenvalue weighted by molar-refractivity contribution is 6.18. The molecule has 0 radical (unpaired) electrons. The second-order valence-corrected chi connectivity index (χ2v) is 15.7. The summed E-state index contributed by atoms with van der Waals surface area (Å²) >= 11 is 0. The number of hydrogen-bond donors (Lipinski definition) is 0. The highest BCUT2D eigenvalue weighted by Gasteiger charge is 2.36. The molecule has 0 spiro atoms. The molecule has 270 valence electrons. The van der Waals surface area contributed by atoms with Gasteiger partial charge in [-0.2, -0.15) is 0 Å². The summed E-state index contributed by atoms with van der Waals surface area (Å²) in [7, 11) is 0. The molecule has 1 aromatic heterocycles. The van der Waals surface area contributed by atoms with Gasteiger partial charge in [0, 0.05) is 44.2 Å². The first kappa shape index (κ1) is 33.2. The number of rotatable bonds is 6. The van der Waals surface area contributed by atoms with Crippen molar-refractivity contribution < 1.29 is 4.42 Å². The molecule has 0 atom stereocenters. The van der Waals surface area contributed by atoms with Crippen LogP contribution in [-0.4, -0.2) is 0 Å². The average molecular weight is 730 g/mol. The van der Waals surface area contributed by atoms with E-state index in [9.17, 15) is 0 Å². The Kier molecular flexibility index (Phi) is 7.55. The fraction of sp³-hybridized carbons (Fsp3) is 0.0545. The molecule has 0 saturated heterocycles. The van der Waals surface area contributed by atoms with Crippen molar-refractivity contribution in [1.29, 1.82) is 0 Å². The van der Waals surface area contributed by atoms with Crippen LogP contribution in [-0.2, 0) is 5.41 Å². The van der Waals surface area contributed by atoms with Gasteiger partial charge in [0.2, 0.25) is 0 Å². The molecule has 0 fully saturated rings. The molecule has 0 N–H and O–H groups in total. The van der Waals surface area contributed by atoms with Crippen molar-refractivity contribution in [2.45, 2.75) is 19.3 Å². The Morgan fingerprint density at radius 1 is 0.351 bits per heavy atom. The third kappa shape index (κ3) is 5.40. The summed E-state index contributed by atoms with van der Waals surface area (Å²) in [6.45, 7) is 4.71. The molecule has 1 heterocycles. The standard InChI is InChI=1S/C55H39NO/c1-55(2)51-20-12-11-19-46(51)47-32-30-43(35-52(47)55)56(42-28-25-39(26-29-42)37-15-7-4-8-16-37)44-33-49(41-23-21-38(22-24-41)36-13-5-3-6-14-36)54-50(34-44)48-31-27-40-17-9-10-18-45(40)53(48)57-54/h3-35H,1-2H3. The van der Waals surface area contributed by atoms with Gasteiger partial charge in [-0.3, -0.25) is 0 Å². The predicted octanol–water partition coefficient (Wildman–Crippen LogP) is 15.5. The molecule has 57 heavy (non-hydrogen) atoms. The topological polar surface area (TPSA) is 16.4 Å². The molecule has 1 aliphatic rings. The van der Waals surface area contributed by atoms with Crippen LogP contribution in [0.4, 0.5) is 17.1 Å². The molecular weight excluding hydrogens is 691 g/mol. The van der Waals surface area contributed by atoms with E-state index in [1.54, 1.807) is 0 Å². The average Bonchev–Trinajstić information content (AvgIpc) is 3.76. The van der Waals surface area contributed by atoms with Crippen molar-refractivity contribution >= 4 is 49.8 Å². The second-order valence-electron chi connectivity index (χ2n) is 15.7. The quantitative estimate of drug-likeness (QED) is 0.169. The zero-order valence-electron chi connectivity index (χ0n) is 31.9. The lowest BCUT2D eigenvalue weighted by atomic mass is 9.82. The Bertz CT molecular complexity index is 3120. The van der Waals surface area contributed by atoms with E-state index in [0.717, 1.165) is 55.5 Å². The third-order valence-corrected chi connectivity index (χ3v) is 12.1. The van der Waals surface area contributed by atoms with Crippen molar-refractivity contribution in [3.05, 3.63) is 211 Å². The van der Waals surface area contributed by atoms with Gasteiger partial charge in [-0.25, -0.2) is 0 Å². The van der Waals surface area contributed by atoms with Gasteiger partial charge in [0.25, 0.3) is 0 Å². The van der Waals surface area contributed by atoms with Gasteiger partial charge in [-0.05, 0) is 97.9 Å². The Labute approximate surface area is 332 Å². The van der Waals surface area contributed by atoms with Gasteiger partial charge in [0.15, 0.2) is 0 Å². The molecule has 0 unspecified atom stereocenters. The molecule has 0 aliphatic heterocycles. The summed E-state index contributed by atoms with van der Waals surface area (Å²) in [5.74, 6) is 0. The normalized spacial score (nSPS) is 12.9. The maximum absolute atomic E-state index is 6.98. The highest BCUT2D eigenvalue weighted by Crippen LogP contribution is 2.51. The van der Waals surface area contributed by atoms with Gasteiger partial charge in [0.05, 0.1) is 0 Å². The van der Waals surface area contributed by atoms with E-state index in [1.807, 2.05) is 0 Å². The Morgan fingerprint density at radius 3 is 1.67 bits per heavy atom. The smallest absolute Gasteiger partial charge is 0.143 e. The van der Waals surface area contributed by atoms with Crippen LogP contribution in [0.2, 0.25) is 0 Å². The lowest BCUT2D eigenvalue weighted by Crippen LogP contribution is -2.16. The van der Waals surface area contributed by atoms with Crippen LogP contribution in [0.1, 0.15) is 25.0 Å². The van der Waals surface area contributed by atoms with E-state index in [0.29, 0.717) is 0 Å². The predicted molar refractivity (Wildman–Crippen MR) is 240 cm³/mol. The zero-order valence-corrected chi connectivity index (χ0v) is 31.9. The zero-order chi connectivity index (χ0) is 38.1. The minimum atomic E-state index is -0.137. The summed E-state index contributed by atoms with van der Waals surface area (Å²) in [6, 6.07) is 72.6. The summed E-state index contributed by atoms with van der Waals surface area (Å²) in [5, 5.41) is 4.49. The number of furan rings is 1. The van der Waals surface area contributed by atoms with E-state index >= 15 is 0 Å². The Morgan fingerprint density at radius 2 is 0.930 bits per heavy atom. The van der Waals surface area contributed by atoms with Gasteiger partial charge < -0.3 is 9.32 Å². The first-order valence-electron chi connectivity index (χ1n) is 19.8. The molecule has 0 amide bonds. The van der Waals surface area contributed by atoms with E-state index in [1.165, 1.54) is 49.9 Å². The van der Waals surface area contributed by atoms with E-state index < -0.39 is 0 Å². The van der Waals surface area contributed by atoms with Crippen LogP contribution >= 0.6 is 0 Å². The van der Waals surface area contributed by atoms with Crippen LogP contribution in [0, 0.1) is 0 Å². The fourth-order valence-corrected chi connectivity index (χ4v) is 9.12. The van der Waals surface area contributed by atoms with Crippen LogP contribution in [0.5, 0.6) is 0 Å². The van der Waals surface area contributed by atoms with Crippen molar-refractivity contribution in [2.24, 2.45) is 0 Å². The lowest BCUT2D eigenvalue weighted by Gasteiger charge is -2.29. The molecule has 0 bridgehead atoms. The number of hydrogen-bond acceptors (Lipinski definition) is 2. The van der Waals surface area contributed by atoms with Crippen LogP contribution < -0.4 is 4.90 Å². The number of nitrogens with zero attached hydrogens (tertiary/aromatic N) is 1. The number of fused-ring (bicyclic) bond motifs is 8. The van der Waals surface area contributed by atoms with Crippen molar-refractivity contribution in [2.75, 3.05) is 4.90 Å². The monoisotopic (exact) mass is 729 g/mol. The van der Waals surface area contributed by atoms with Crippen molar-refractivity contribution in [1.82, 2.24) is 0 Å². The van der Waals surface area contributed by atoms with Gasteiger partial charge in [0.1, 0.15) is 11.2 Å². The van der Waals surface area contributed by atoms with Gasteiger partial charge >= 0.3 is 0 Å². The molecule has 11 rings (SSSR count). The largest absolute Gasteiger partial charge is 0.455 e. The number of anilines is 3. The maximum Gasteiger partial charge on any atom is 0.143 e. The molecule has 1 aliphatic carbocycles. The highest BCUT2D eigenvalue weighted by atomic mass is 16.3. The SMILES string of the molecule is CC1(C)c2ccccc2-c2ccc(N(c3ccc(-c4ccccc4)cc3)c3cc(-c4ccc(-c5ccccc5)cc4)c4oc5c6ccccc6ccc5c4c3)cc21. The van der Waals surface area contributed by atoms with Gasteiger partial charge in [-0.15, -0.1) is 0 Å². The fourth-order valence-electron chi connectivity index (χ4n) is 9.12. The molecular formula is C55H39NO. The summed E-state index contributed by atoms with van der Waals surface area (Å²) in [5.41, 5.74) is 17.2. The molecule has 0 saturated carbocycles. The minimum Gasteiger partial charge on any atom is -0.455 e. The summed E-state index contributed by atoms with van der Waals surface area (Å²) in [4.78, 5) is 2.43. The van der Waals surface area contributed by atoms with Crippen LogP contribution in [0.25, 0.3) is 77.2 Å². The summed E-state index contributed by atoms with van der Waals surface area (Å²) in [6.07, 6.45) is 0. The molecule has 10 aromatic rings. The minimum absolute atomic E-state index is 0.137. The van der Waals surface area contributed by atoms with E-state index in [2.05, 4.69) is 219 Å². The Balaban J connectivity index is 1.16. The summed E-state index contributed by atoms with van der Waals surface area (Å²) < 4.78 is 6.98. The first-order valence-corrected chi connectivity index (χ1v) is 19.8. The molecule has 2 heteroatoms. The lowest BCUT2D eigenvalue weighted by molar-refractivity contribution is 0.660. The van der Waals surface area contributed by atoms with Crippen LogP contribution in [0.15, 0.2) is 205 Å². The van der Waals surface area contributed by atoms with Crippen molar-refractivity contribution in [3.63, 3.8) is 0 Å².